The van der Waals surface area contributed by atoms with Gasteiger partial charge in [-0.1, -0.05) is 46.8 Å². The highest BCUT2D eigenvalue weighted by molar-refractivity contribution is 7.98. The van der Waals surface area contributed by atoms with E-state index >= 15 is 0 Å². The number of thiazole rings is 1. The van der Waals surface area contributed by atoms with Crippen molar-refractivity contribution in [1.82, 2.24) is 29.1 Å². The molecule has 2 aromatic carbocycles. The summed E-state index contributed by atoms with van der Waals surface area (Å²) in [5.41, 5.74) is 3.26. The van der Waals surface area contributed by atoms with E-state index in [0.29, 0.717) is 32.4 Å². The topological polar surface area (TPSA) is 78.0 Å². The predicted molar refractivity (Wildman–Crippen MR) is 136 cm³/mol. The Bertz CT molecular complexity index is 1690. The Morgan fingerprint density at radius 2 is 1.76 bits per heavy atom. The van der Waals surface area contributed by atoms with Crippen LogP contribution >= 0.6 is 34.7 Å². The van der Waals surface area contributed by atoms with Crippen LogP contribution in [-0.4, -0.2) is 29.1 Å². The molecule has 0 radical (unpaired) electrons. The fraction of sp³-hybridized carbons (Fsp3) is 0.0417. The summed E-state index contributed by atoms with van der Waals surface area (Å²) in [6.07, 6.45) is 3.45. The van der Waals surface area contributed by atoms with Gasteiger partial charge in [0, 0.05) is 40.5 Å². The van der Waals surface area contributed by atoms with Gasteiger partial charge in [-0.2, -0.15) is 0 Å². The van der Waals surface area contributed by atoms with E-state index in [1.165, 1.54) is 23.1 Å². The maximum Gasteiger partial charge on any atom is 0.259 e. The zero-order valence-corrected chi connectivity index (χ0v) is 19.9. The number of halogens is 1. The third-order valence-corrected chi connectivity index (χ3v) is 7.49. The number of fused-ring (bicyclic) bond motifs is 3. The average Bonchev–Trinajstić information content (AvgIpc) is 3.45. The van der Waals surface area contributed by atoms with Crippen molar-refractivity contribution in [3.8, 4) is 17.1 Å². The standard InChI is InChI=1S/C24H15ClN6OS2/c25-16-5-7-18(8-6-16)30-22(15-9-11-26-12-10-15)28-29-24(30)33-14-17-13-21(32)31-19-3-1-2-4-20(19)34-23(31)27-17/h1-13H,14H2. The summed E-state index contributed by atoms with van der Waals surface area (Å²) >= 11 is 9.09. The number of hydrogen-bond acceptors (Lipinski definition) is 7. The molecule has 0 aliphatic heterocycles. The molecule has 0 atom stereocenters. The van der Waals surface area contributed by atoms with Gasteiger partial charge in [-0.25, -0.2) is 4.98 Å². The van der Waals surface area contributed by atoms with Gasteiger partial charge in [-0.3, -0.25) is 18.7 Å². The number of nitrogens with zero attached hydrogens (tertiary/aromatic N) is 6. The zero-order chi connectivity index (χ0) is 23.1. The summed E-state index contributed by atoms with van der Waals surface area (Å²) in [5.74, 6) is 1.17. The molecule has 0 amide bonds. The van der Waals surface area contributed by atoms with Gasteiger partial charge in [-0.15, -0.1) is 10.2 Å². The second kappa shape index (κ2) is 8.68. The molecule has 4 heterocycles. The Morgan fingerprint density at radius 1 is 0.971 bits per heavy atom. The van der Waals surface area contributed by atoms with Crippen molar-refractivity contribution >= 4 is 49.9 Å². The van der Waals surface area contributed by atoms with E-state index in [0.717, 1.165) is 21.5 Å². The van der Waals surface area contributed by atoms with Gasteiger partial charge in [0.05, 0.1) is 15.9 Å². The lowest BCUT2D eigenvalue weighted by molar-refractivity contribution is 0.885. The van der Waals surface area contributed by atoms with Crippen LogP contribution in [0.1, 0.15) is 5.69 Å². The predicted octanol–water partition coefficient (Wildman–Crippen LogP) is 5.50. The molecule has 0 aliphatic rings. The van der Waals surface area contributed by atoms with E-state index < -0.39 is 0 Å². The molecule has 4 aromatic heterocycles. The molecular formula is C24H15ClN6OS2. The third kappa shape index (κ3) is 3.77. The lowest BCUT2D eigenvalue weighted by atomic mass is 10.2. The summed E-state index contributed by atoms with van der Waals surface area (Å²) in [6.45, 7) is 0. The molecule has 6 rings (SSSR count). The van der Waals surface area contributed by atoms with E-state index in [2.05, 4.69) is 15.2 Å². The minimum Gasteiger partial charge on any atom is -0.270 e. The highest BCUT2D eigenvalue weighted by Crippen LogP contribution is 2.30. The maximum absolute atomic E-state index is 12.9. The monoisotopic (exact) mass is 502 g/mol. The Labute approximate surface area is 206 Å². The van der Waals surface area contributed by atoms with E-state index in [1.807, 2.05) is 65.2 Å². The van der Waals surface area contributed by atoms with Crippen LogP contribution in [0.4, 0.5) is 0 Å². The minimum absolute atomic E-state index is 0.0882. The van der Waals surface area contributed by atoms with Gasteiger partial charge in [0.1, 0.15) is 0 Å². The van der Waals surface area contributed by atoms with Crippen LogP contribution in [0.3, 0.4) is 0 Å². The van der Waals surface area contributed by atoms with Crippen LogP contribution < -0.4 is 5.56 Å². The molecule has 10 heteroatoms. The first-order valence-electron chi connectivity index (χ1n) is 10.3. The maximum atomic E-state index is 12.9. The van der Waals surface area contributed by atoms with Crippen LogP contribution in [0.15, 0.2) is 89.1 Å². The Balaban J connectivity index is 1.38. The zero-order valence-electron chi connectivity index (χ0n) is 17.5. The van der Waals surface area contributed by atoms with Gasteiger partial charge in [0.2, 0.25) is 0 Å². The molecule has 34 heavy (non-hydrogen) atoms. The third-order valence-electron chi connectivity index (χ3n) is 5.25. The molecule has 0 N–H and O–H groups in total. The van der Waals surface area contributed by atoms with Crippen molar-refractivity contribution in [2.75, 3.05) is 0 Å². The van der Waals surface area contributed by atoms with Crippen molar-refractivity contribution in [3.05, 3.63) is 100 Å². The summed E-state index contributed by atoms with van der Waals surface area (Å²) < 4.78 is 4.66. The fourth-order valence-corrected chi connectivity index (χ4v) is 5.73. The first kappa shape index (κ1) is 21.0. The molecule has 0 saturated carbocycles. The summed E-state index contributed by atoms with van der Waals surface area (Å²) in [5, 5.41) is 10.2. The molecule has 0 spiro atoms. The number of pyridine rings is 1. The van der Waals surface area contributed by atoms with Crippen molar-refractivity contribution in [2.45, 2.75) is 10.9 Å². The Hall–Kier alpha value is -3.53. The smallest absolute Gasteiger partial charge is 0.259 e. The lowest BCUT2D eigenvalue weighted by Gasteiger charge is -2.10. The summed E-state index contributed by atoms with van der Waals surface area (Å²) in [4.78, 5) is 22.4. The van der Waals surface area contributed by atoms with Crippen molar-refractivity contribution in [2.24, 2.45) is 0 Å². The van der Waals surface area contributed by atoms with Crippen LogP contribution in [0.25, 0.3) is 32.3 Å². The van der Waals surface area contributed by atoms with Gasteiger partial charge in [0.15, 0.2) is 15.9 Å². The molecule has 0 unspecified atom stereocenters. The normalized spacial score (nSPS) is 11.4. The van der Waals surface area contributed by atoms with Crippen molar-refractivity contribution in [1.29, 1.82) is 0 Å². The highest BCUT2D eigenvalue weighted by Gasteiger charge is 2.17. The number of rotatable bonds is 5. The second-order valence-electron chi connectivity index (χ2n) is 7.42. The molecular weight excluding hydrogens is 488 g/mol. The molecule has 0 aliphatic carbocycles. The summed E-state index contributed by atoms with van der Waals surface area (Å²) in [7, 11) is 0. The second-order valence-corrected chi connectivity index (χ2v) is 9.80. The SMILES string of the molecule is O=c1cc(CSc2nnc(-c3ccncc3)n2-c2ccc(Cl)cc2)nc2sc3ccccc3n12. The molecule has 6 aromatic rings. The number of aromatic nitrogens is 6. The average molecular weight is 503 g/mol. The van der Waals surface area contributed by atoms with E-state index in [9.17, 15) is 4.79 Å². The van der Waals surface area contributed by atoms with Gasteiger partial charge >= 0.3 is 0 Å². The number of para-hydroxylation sites is 1. The molecule has 7 nitrogen and oxygen atoms in total. The lowest BCUT2D eigenvalue weighted by Crippen LogP contribution is -2.13. The van der Waals surface area contributed by atoms with Gasteiger partial charge < -0.3 is 0 Å². The Morgan fingerprint density at radius 3 is 2.59 bits per heavy atom. The highest BCUT2D eigenvalue weighted by atomic mass is 35.5. The molecule has 0 fully saturated rings. The minimum atomic E-state index is -0.0882. The summed E-state index contributed by atoms with van der Waals surface area (Å²) in [6, 6.07) is 20.7. The first-order chi connectivity index (χ1) is 16.7. The van der Waals surface area contributed by atoms with Crippen LogP contribution in [0, 0.1) is 0 Å². The quantitative estimate of drug-likeness (QED) is 0.290. The van der Waals surface area contributed by atoms with E-state index in [4.69, 9.17) is 16.6 Å². The van der Waals surface area contributed by atoms with Crippen LogP contribution in [-0.2, 0) is 5.75 Å². The number of benzene rings is 2. The van der Waals surface area contributed by atoms with E-state index in [1.54, 1.807) is 22.9 Å². The molecule has 166 valence electrons. The number of hydrogen-bond donors (Lipinski definition) is 0. The fourth-order valence-electron chi connectivity index (χ4n) is 3.71. The first-order valence-corrected chi connectivity index (χ1v) is 12.5. The molecule has 0 saturated heterocycles. The van der Waals surface area contributed by atoms with Crippen LogP contribution in [0.5, 0.6) is 0 Å². The van der Waals surface area contributed by atoms with Crippen LogP contribution in [0.2, 0.25) is 5.02 Å². The number of thioether (sulfide) groups is 1. The Kier molecular flexibility index (Phi) is 5.37. The van der Waals surface area contributed by atoms with Crippen molar-refractivity contribution in [3.63, 3.8) is 0 Å². The van der Waals surface area contributed by atoms with Crippen molar-refractivity contribution < 1.29 is 0 Å². The molecule has 0 bridgehead atoms. The van der Waals surface area contributed by atoms with E-state index in [-0.39, 0.29) is 5.56 Å². The largest absolute Gasteiger partial charge is 0.270 e. The van der Waals surface area contributed by atoms with Gasteiger partial charge in [-0.05, 0) is 48.5 Å². The van der Waals surface area contributed by atoms with Gasteiger partial charge in [0.25, 0.3) is 5.56 Å².